The van der Waals surface area contributed by atoms with Crippen LogP contribution in [0.25, 0.3) is 21.9 Å². The van der Waals surface area contributed by atoms with Gasteiger partial charge in [-0.1, -0.05) is 102 Å². The highest BCUT2D eigenvalue weighted by atomic mass is 19.2. The van der Waals surface area contributed by atoms with E-state index in [4.69, 9.17) is 0 Å². The number of hydrogen-bond donors (Lipinski definition) is 0. The number of rotatable bonds is 10. The molecule has 0 atom stereocenters. The van der Waals surface area contributed by atoms with Crippen LogP contribution in [-0.2, 0) is 12.8 Å². The Morgan fingerprint density at radius 1 is 0.686 bits per heavy atom. The van der Waals surface area contributed by atoms with Crippen molar-refractivity contribution in [1.29, 1.82) is 0 Å². The summed E-state index contributed by atoms with van der Waals surface area (Å²) in [5, 5.41) is 0.170. The van der Waals surface area contributed by atoms with Crippen LogP contribution in [0.4, 0.5) is 13.2 Å². The highest BCUT2D eigenvalue weighted by Gasteiger charge is 2.21. The van der Waals surface area contributed by atoms with E-state index >= 15 is 4.39 Å². The van der Waals surface area contributed by atoms with Gasteiger partial charge in [0.15, 0.2) is 11.6 Å². The summed E-state index contributed by atoms with van der Waals surface area (Å²) < 4.78 is 45.0. The molecule has 3 heteroatoms. The van der Waals surface area contributed by atoms with E-state index in [1.54, 1.807) is 18.2 Å². The van der Waals surface area contributed by atoms with Crippen LogP contribution in [-0.4, -0.2) is 0 Å². The standard InChI is InChI=1S/C32H39F3/c1-3-5-6-8-27-21-26-19-20-28(31(34)29(26)32(35)30(27)33)25-17-15-24(16-18-25)14-13-23-11-9-22(7-4-2)10-12-23/h15-23H,3-14H2,1-2H3. The van der Waals surface area contributed by atoms with E-state index in [1.807, 2.05) is 12.1 Å². The van der Waals surface area contributed by atoms with Gasteiger partial charge < -0.3 is 0 Å². The molecule has 0 unspecified atom stereocenters. The molecular weight excluding hydrogens is 441 g/mol. The van der Waals surface area contributed by atoms with Crippen LogP contribution in [0.15, 0.2) is 42.5 Å². The molecule has 0 nitrogen and oxygen atoms in total. The third-order valence-electron chi connectivity index (χ3n) is 8.02. The van der Waals surface area contributed by atoms with Gasteiger partial charge in [0.1, 0.15) is 5.82 Å². The van der Waals surface area contributed by atoms with Crippen LogP contribution in [0.1, 0.15) is 89.2 Å². The predicted molar refractivity (Wildman–Crippen MR) is 141 cm³/mol. The molecule has 0 bridgehead atoms. The molecule has 0 saturated heterocycles. The molecule has 0 spiro atoms. The molecule has 0 amide bonds. The fourth-order valence-electron chi connectivity index (χ4n) is 5.85. The second-order valence-electron chi connectivity index (χ2n) is 10.6. The van der Waals surface area contributed by atoms with Crippen molar-refractivity contribution in [2.75, 3.05) is 0 Å². The van der Waals surface area contributed by atoms with Crippen LogP contribution in [0.2, 0.25) is 0 Å². The minimum atomic E-state index is -1.07. The summed E-state index contributed by atoms with van der Waals surface area (Å²) >= 11 is 0. The van der Waals surface area contributed by atoms with Gasteiger partial charge in [0.05, 0.1) is 5.39 Å². The summed E-state index contributed by atoms with van der Waals surface area (Å²) in [7, 11) is 0. The largest absolute Gasteiger partial charge is 0.206 e. The van der Waals surface area contributed by atoms with Gasteiger partial charge >= 0.3 is 0 Å². The van der Waals surface area contributed by atoms with E-state index < -0.39 is 17.5 Å². The topological polar surface area (TPSA) is 0 Å². The second-order valence-corrected chi connectivity index (χ2v) is 10.6. The van der Waals surface area contributed by atoms with E-state index in [-0.39, 0.29) is 5.39 Å². The maximum absolute atomic E-state index is 15.4. The molecule has 1 aliphatic carbocycles. The van der Waals surface area contributed by atoms with Gasteiger partial charge in [-0.2, -0.15) is 0 Å². The lowest BCUT2D eigenvalue weighted by molar-refractivity contribution is 0.252. The molecule has 0 aliphatic heterocycles. The lowest BCUT2D eigenvalue weighted by Crippen LogP contribution is -2.15. The minimum Gasteiger partial charge on any atom is -0.206 e. The van der Waals surface area contributed by atoms with Gasteiger partial charge in [-0.3, -0.25) is 0 Å². The molecule has 0 N–H and O–H groups in total. The fraction of sp³-hybridized carbons (Fsp3) is 0.500. The van der Waals surface area contributed by atoms with Crippen molar-refractivity contribution in [3.8, 4) is 11.1 Å². The average Bonchev–Trinajstić information content (AvgIpc) is 2.87. The first-order valence-electron chi connectivity index (χ1n) is 13.7. The van der Waals surface area contributed by atoms with Crippen molar-refractivity contribution < 1.29 is 13.2 Å². The monoisotopic (exact) mass is 480 g/mol. The van der Waals surface area contributed by atoms with E-state index in [0.29, 0.717) is 28.5 Å². The molecule has 35 heavy (non-hydrogen) atoms. The first kappa shape index (κ1) is 25.8. The molecule has 1 fully saturated rings. The molecule has 3 aromatic carbocycles. The third kappa shape index (κ3) is 6.11. The lowest BCUT2D eigenvalue weighted by Gasteiger charge is -2.28. The van der Waals surface area contributed by atoms with Gasteiger partial charge in [0.25, 0.3) is 0 Å². The molecular formula is C32H39F3. The Bertz CT molecular complexity index is 1110. The van der Waals surface area contributed by atoms with Gasteiger partial charge in [0, 0.05) is 5.56 Å². The van der Waals surface area contributed by atoms with Crippen LogP contribution >= 0.6 is 0 Å². The van der Waals surface area contributed by atoms with E-state index in [9.17, 15) is 8.78 Å². The van der Waals surface area contributed by atoms with Gasteiger partial charge in [-0.15, -0.1) is 0 Å². The van der Waals surface area contributed by atoms with Crippen molar-refractivity contribution in [2.24, 2.45) is 11.8 Å². The second kappa shape index (κ2) is 12.1. The summed E-state index contributed by atoms with van der Waals surface area (Å²) in [6.07, 6.45) is 13.6. The summed E-state index contributed by atoms with van der Waals surface area (Å²) in [6.45, 7) is 4.35. The predicted octanol–water partition coefficient (Wildman–Crippen LogP) is 10.2. The zero-order chi connectivity index (χ0) is 24.8. The zero-order valence-corrected chi connectivity index (χ0v) is 21.3. The number of unbranched alkanes of at least 4 members (excludes halogenated alkanes) is 2. The number of hydrogen-bond acceptors (Lipinski definition) is 0. The molecule has 4 rings (SSSR count). The van der Waals surface area contributed by atoms with Crippen molar-refractivity contribution >= 4 is 10.8 Å². The Morgan fingerprint density at radius 3 is 2.03 bits per heavy atom. The minimum absolute atomic E-state index is 0.248. The third-order valence-corrected chi connectivity index (χ3v) is 8.02. The molecule has 3 aromatic rings. The van der Waals surface area contributed by atoms with Crippen LogP contribution in [0.5, 0.6) is 0 Å². The van der Waals surface area contributed by atoms with Crippen molar-refractivity contribution in [1.82, 2.24) is 0 Å². The SMILES string of the molecule is CCCCCc1cc2ccc(-c3ccc(CCC4CCC(CCC)CC4)cc3)c(F)c2c(F)c1F. The van der Waals surface area contributed by atoms with Gasteiger partial charge in [-0.25, -0.2) is 13.2 Å². The van der Waals surface area contributed by atoms with E-state index in [0.717, 1.165) is 37.5 Å². The lowest BCUT2D eigenvalue weighted by atomic mass is 9.78. The zero-order valence-electron chi connectivity index (χ0n) is 21.3. The number of halogens is 3. The first-order chi connectivity index (χ1) is 17.0. The van der Waals surface area contributed by atoms with E-state index in [2.05, 4.69) is 26.0 Å². The van der Waals surface area contributed by atoms with Gasteiger partial charge in [-0.05, 0) is 65.7 Å². The van der Waals surface area contributed by atoms with Crippen LogP contribution < -0.4 is 0 Å². The first-order valence-corrected chi connectivity index (χ1v) is 13.7. The van der Waals surface area contributed by atoms with E-state index in [1.165, 1.54) is 50.5 Å². The maximum atomic E-state index is 15.4. The normalized spacial score (nSPS) is 18.3. The number of fused-ring (bicyclic) bond motifs is 1. The van der Waals surface area contributed by atoms with Crippen molar-refractivity contribution in [3.63, 3.8) is 0 Å². The Hall–Kier alpha value is -2.29. The number of benzene rings is 3. The summed E-state index contributed by atoms with van der Waals surface area (Å²) in [6, 6.07) is 12.9. The summed E-state index contributed by atoms with van der Waals surface area (Å²) in [5.74, 6) is -0.929. The smallest absolute Gasteiger partial charge is 0.169 e. The highest BCUT2D eigenvalue weighted by molar-refractivity contribution is 5.89. The van der Waals surface area contributed by atoms with Crippen LogP contribution in [0.3, 0.4) is 0 Å². The Labute approximate surface area is 209 Å². The molecule has 1 saturated carbocycles. The highest BCUT2D eigenvalue weighted by Crippen LogP contribution is 2.35. The Morgan fingerprint density at radius 2 is 1.37 bits per heavy atom. The number of aryl methyl sites for hydroxylation is 2. The van der Waals surface area contributed by atoms with Gasteiger partial charge in [0.2, 0.25) is 0 Å². The maximum Gasteiger partial charge on any atom is 0.169 e. The fourth-order valence-corrected chi connectivity index (χ4v) is 5.85. The molecule has 0 heterocycles. The van der Waals surface area contributed by atoms with Crippen molar-refractivity contribution in [2.45, 2.75) is 90.9 Å². The molecule has 0 radical (unpaired) electrons. The summed E-state index contributed by atoms with van der Waals surface area (Å²) in [5.41, 5.74) is 2.59. The average molecular weight is 481 g/mol. The molecule has 1 aliphatic rings. The quantitative estimate of drug-likeness (QED) is 0.253. The molecule has 0 aromatic heterocycles. The molecule has 188 valence electrons. The van der Waals surface area contributed by atoms with Crippen LogP contribution in [0, 0.1) is 29.3 Å². The Balaban J connectivity index is 1.46. The summed E-state index contributed by atoms with van der Waals surface area (Å²) in [4.78, 5) is 0. The Kier molecular flexibility index (Phi) is 8.92. The van der Waals surface area contributed by atoms with Crippen molar-refractivity contribution in [3.05, 3.63) is 71.0 Å².